The third kappa shape index (κ3) is 4.07. The molecule has 2 unspecified atom stereocenters. The van der Waals surface area contributed by atoms with E-state index in [1.807, 2.05) is 18.2 Å². The molecular formula is C17H26N2O. The van der Waals surface area contributed by atoms with Gasteiger partial charge in [-0.3, -0.25) is 4.79 Å². The quantitative estimate of drug-likeness (QED) is 0.859. The van der Waals surface area contributed by atoms with E-state index in [1.165, 1.54) is 37.7 Å². The number of para-hydroxylation sites is 1. The Morgan fingerprint density at radius 1 is 1.25 bits per heavy atom. The molecule has 2 atom stereocenters. The number of carbonyl (C=O) groups excluding carboxylic acids is 1. The third-order valence-electron chi connectivity index (χ3n) is 4.32. The van der Waals surface area contributed by atoms with Crippen molar-refractivity contribution in [2.24, 2.45) is 5.92 Å². The SMILES string of the molecule is CCC1CCCCC1NCc1ccccc1NC(C)=O. The fraction of sp³-hybridized carbons (Fsp3) is 0.588. The first-order valence-electron chi connectivity index (χ1n) is 7.79. The molecule has 1 saturated carbocycles. The normalized spacial score (nSPS) is 22.5. The Bertz CT molecular complexity index is 444. The van der Waals surface area contributed by atoms with Crippen LogP contribution in [0.5, 0.6) is 0 Å². The number of hydrogen-bond acceptors (Lipinski definition) is 2. The van der Waals surface area contributed by atoms with Crippen LogP contribution in [-0.2, 0) is 11.3 Å². The monoisotopic (exact) mass is 274 g/mol. The molecule has 1 fully saturated rings. The highest BCUT2D eigenvalue weighted by atomic mass is 16.1. The summed E-state index contributed by atoms with van der Waals surface area (Å²) < 4.78 is 0. The molecule has 2 N–H and O–H groups in total. The van der Waals surface area contributed by atoms with Gasteiger partial charge in [-0.05, 0) is 30.4 Å². The van der Waals surface area contributed by atoms with Crippen LogP contribution in [-0.4, -0.2) is 11.9 Å². The molecule has 0 bridgehead atoms. The van der Waals surface area contributed by atoms with Crippen molar-refractivity contribution in [3.63, 3.8) is 0 Å². The van der Waals surface area contributed by atoms with Gasteiger partial charge in [-0.25, -0.2) is 0 Å². The summed E-state index contributed by atoms with van der Waals surface area (Å²) in [5, 5.41) is 6.61. The maximum absolute atomic E-state index is 11.2. The summed E-state index contributed by atoms with van der Waals surface area (Å²) >= 11 is 0. The summed E-state index contributed by atoms with van der Waals surface area (Å²) in [5.74, 6) is 0.790. The van der Waals surface area contributed by atoms with E-state index in [2.05, 4.69) is 23.6 Å². The second-order valence-electron chi connectivity index (χ2n) is 5.78. The van der Waals surface area contributed by atoms with E-state index >= 15 is 0 Å². The van der Waals surface area contributed by atoms with Gasteiger partial charge in [0.1, 0.15) is 0 Å². The second-order valence-corrected chi connectivity index (χ2v) is 5.78. The number of carbonyl (C=O) groups is 1. The van der Waals surface area contributed by atoms with Crippen LogP contribution in [0.2, 0.25) is 0 Å². The largest absolute Gasteiger partial charge is 0.326 e. The molecule has 1 aromatic carbocycles. The summed E-state index contributed by atoms with van der Waals surface area (Å²) in [4.78, 5) is 11.2. The first-order valence-corrected chi connectivity index (χ1v) is 7.79. The number of nitrogens with one attached hydrogen (secondary N) is 2. The number of anilines is 1. The topological polar surface area (TPSA) is 41.1 Å². The van der Waals surface area contributed by atoms with Gasteiger partial charge in [0.2, 0.25) is 5.91 Å². The number of amides is 1. The Morgan fingerprint density at radius 2 is 2.00 bits per heavy atom. The lowest BCUT2D eigenvalue weighted by Gasteiger charge is -2.32. The highest BCUT2D eigenvalue weighted by Crippen LogP contribution is 2.27. The van der Waals surface area contributed by atoms with Gasteiger partial charge in [0.15, 0.2) is 0 Å². The molecule has 3 nitrogen and oxygen atoms in total. The predicted octanol–water partition coefficient (Wildman–Crippen LogP) is 3.70. The van der Waals surface area contributed by atoms with Crippen LogP contribution in [0.25, 0.3) is 0 Å². The van der Waals surface area contributed by atoms with Crippen molar-refractivity contribution < 1.29 is 4.79 Å². The zero-order valence-electron chi connectivity index (χ0n) is 12.6. The van der Waals surface area contributed by atoms with Crippen molar-refractivity contribution in [1.29, 1.82) is 0 Å². The van der Waals surface area contributed by atoms with Crippen molar-refractivity contribution in [3.8, 4) is 0 Å². The van der Waals surface area contributed by atoms with Gasteiger partial charge < -0.3 is 10.6 Å². The van der Waals surface area contributed by atoms with Gasteiger partial charge in [-0.1, -0.05) is 44.4 Å². The highest BCUT2D eigenvalue weighted by molar-refractivity contribution is 5.89. The maximum Gasteiger partial charge on any atom is 0.221 e. The molecule has 0 saturated heterocycles. The Kier molecular flexibility index (Phi) is 5.60. The molecular weight excluding hydrogens is 248 g/mol. The van der Waals surface area contributed by atoms with E-state index in [9.17, 15) is 4.79 Å². The molecule has 3 heteroatoms. The molecule has 0 spiro atoms. The van der Waals surface area contributed by atoms with Crippen molar-refractivity contribution in [2.75, 3.05) is 5.32 Å². The van der Waals surface area contributed by atoms with Crippen LogP contribution in [0, 0.1) is 5.92 Å². The van der Waals surface area contributed by atoms with E-state index in [1.54, 1.807) is 6.92 Å². The van der Waals surface area contributed by atoms with Gasteiger partial charge in [0.25, 0.3) is 0 Å². The average molecular weight is 274 g/mol. The van der Waals surface area contributed by atoms with E-state index in [-0.39, 0.29) is 5.91 Å². The third-order valence-corrected chi connectivity index (χ3v) is 4.32. The average Bonchev–Trinajstić information content (AvgIpc) is 2.46. The Labute approximate surface area is 122 Å². The summed E-state index contributed by atoms with van der Waals surface area (Å²) in [6.07, 6.45) is 6.59. The van der Waals surface area contributed by atoms with Crippen LogP contribution in [0.1, 0.15) is 51.5 Å². The minimum atomic E-state index is -0.0125. The van der Waals surface area contributed by atoms with Crippen LogP contribution >= 0.6 is 0 Å². The first kappa shape index (κ1) is 15.0. The fourth-order valence-corrected chi connectivity index (χ4v) is 3.19. The molecule has 1 aliphatic rings. The lowest BCUT2D eigenvalue weighted by molar-refractivity contribution is -0.114. The Hall–Kier alpha value is -1.35. The van der Waals surface area contributed by atoms with Crippen molar-refractivity contribution in [2.45, 2.75) is 58.5 Å². The van der Waals surface area contributed by atoms with E-state index in [4.69, 9.17) is 0 Å². The molecule has 0 heterocycles. The summed E-state index contributed by atoms with van der Waals surface area (Å²) in [6, 6.07) is 8.67. The minimum absolute atomic E-state index is 0.0125. The van der Waals surface area contributed by atoms with Crippen molar-refractivity contribution in [1.82, 2.24) is 5.32 Å². The molecule has 0 aliphatic heterocycles. The first-order chi connectivity index (χ1) is 9.70. The Balaban J connectivity index is 1.97. The van der Waals surface area contributed by atoms with Crippen molar-refractivity contribution in [3.05, 3.63) is 29.8 Å². The number of hydrogen-bond donors (Lipinski definition) is 2. The highest BCUT2D eigenvalue weighted by Gasteiger charge is 2.23. The van der Waals surface area contributed by atoms with Gasteiger partial charge in [0.05, 0.1) is 0 Å². The standard InChI is InChI=1S/C17H26N2O/c1-3-14-8-4-6-10-16(14)18-12-15-9-5-7-11-17(15)19-13(2)20/h5,7,9,11,14,16,18H,3-4,6,8,10,12H2,1-2H3,(H,19,20). The van der Waals surface area contributed by atoms with E-state index in [0.29, 0.717) is 6.04 Å². The molecule has 0 aromatic heterocycles. The second kappa shape index (κ2) is 7.44. The molecule has 1 aliphatic carbocycles. The zero-order valence-corrected chi connectivity index (χ0v) is 12.6. The van der Waals surface area contributed by atoms with Gasteiger partial charge in [0, 0.05) is 25.2 Å². The maximum atomic E-state index is 11.2. The molecule has 110 valence electrons. The van der Waals surface area contributed by atoms with Gasteiger partial charge >= 0.3 is 0 Å². The van der Waals surface area contributed by atoms with E-state index in [0.717, 1.165) is 18.2 Å². The van der Waals surface area contributed by atoms with Crippen LogP contribution in [0.3, 0.4) is 0 Å². The fourth-order valence-electron chi connectivity index (χ4n) is 3.19. The summed E-state index contributed by atoms with van der Waals surface area (Å²) in [5.41, 5.74) is 2.10. The van der Waals surface area contributed by atoms with Crippen LogP contribution in [0.4, 0.5) is 5.69 Å². The molecule has 1 amide bonds. The van der Waals surface area contributed by atoms with E-state index < -0.39 is 0 Å². The number of rotatable bonds is 5. The lowest BCUT2D eigenvalue weighted by Crippen LogP contribution is -2.38. The van der Waals surface area contributed by atoms with Crippen LogP contribution in [0.15, 0.2) is 24.3 Å². The Morgan fingerprint density at radius 3 is 2.75 bits per heavy atom. The lowest BCUT2D eigenvalue weighted by atomic mass is 9.83. The predicted molar refractivity (Wildman–Crippen MR) is 83.6 cm³/mol. The zero-order chi connectivity index (χ0) is 14.4. The summed E-state index contributed by atoms with van der Waals surface area (Å²) in [7, 11) is 0. The molecule has 20 heavy (non-hydrogen) atoms. The molecule has 0 radical (unpaired) electrons. The van der Waals surface area contributed by atoms with Gasteiger partial charge in [-0.2, -0.15) is 0 Å². The van der Waals surface area contributed by atoms with Crippen LogP contribution < -0.4 is 10.6 Å². The van der Waals surface area contributed by atoms with Gasteiger partial charge in [-0.15, -0.1) is 0 Å². The smallest absolute Gasteiger partial charge is 0.221 e. The number of benzene rings is 1. The molecule has 1 aromatic rings. The minimum Gasteiger partial charge on any atom is -0.326 e. The molecule has 2 rings (SSSR count). The summed E-state index contributed by atoms with van der Waals surface area (Å²) in [6.45, 7) is 4.67. The van der Waals surface area contributed by atoms with Crippen molar-refractivity contribution >= 4 is 11.6 Å².